The van der Waals surface area contributed by atoms with Crippen molar-refractivity contribution < 1.29 is 62.3 Å². The van der Waals surface area contributed by atoms with Crippen LogP contribution in [0.2, 0.25) is 0 Å². The SMILES string of the molecule is CSCC[C@H](NC(=O)[C@H](CC(C)C)NC(=O)CNC(=O)[C@H](Cc1ccccc1)NC(=O)[C@H](Cc1ccccc1)NC(=O)[C@@H](CCC(N)=O)NC(=O)[C@@H](CCC(N)=O)NC(=O)[C@@H]1CCCN1C(=O)[C@@H](CCCCN)NC(=O)[C@H]1CCCN1C(=O)[C@H](N)CCCN=C(N)N)C(N)=O. The molecule has 2 saturated heterocycles. The molecule has 22 N–H and O–H groups in total. The Hall–Kier alpha value is -8.91. The van der Waals surface area contributed by atoms with E-state index in [1.807, 2.05) is 20.1 Å². The largest absolute Gasteiger partial charge is 0.370 e. The second-order valence-corrected chi connectivity index (χ2v) is 25.1. The van der Waals surface area contributed by atoms with Crippen LogP contribution in [0.4, 0.5) is 0 Å². The number of carbonyl (C=O) groups is 13. The van der Waals surface area contributed by atoms with Gasteiger partial charge in [-0.3, -0.25) is 67.3 Å². The van der Waals surface area contributed by atoms with E-state index in [-0.39, 0.29) is 83.0 Å². The van der Waals surface area contributed by atoms with E-state index in [0.717, 1.165) is 0 Å². The average Bonchev–Trinajstić information content (AvgIpc) is 1.74. The van der Waals surface area contributed by atoms with Crippen LogP contribution in [0.3, 0.4) is 0 Å². The molecular weight excluding hydrogens is 1250 g/mol. The molecular formula is C63H98N18O13S. The minimum absolute atomic E-state index is 0.0736. The summed E-state index contributed by atoms with van der Waals surface area (Å²) in [4.78, 5) is 185. The number of primary amides is 3. The van der Waals surface area contributed by atoms with Gasteiger partial charge in [-0.1, -0.05) is 74.5 Å². The van der Waals surface area contributed by atoms with Crippen LogP contribution in [-0.4, -0.2) is 198 Å². The molecule has 2 heterocycles. The molecule has 0 aliphatic carbocycles. The number of nitrogens with two attached hydrogens (primary N) is 7. The topological polar surface area (TPSA) is 519 Å². The van der Waals surface area contributed by atoms with Crippen molar-refractivity contribution in [2.24, 2.45) is 51.0 Å². The Morgan fingerprint density at radius 1 is 0.537 bits per heavy atom. The molecule has 0 spiro atoms. The van der Waals surface area contributed by atoms with E-state index >= 15 is 0 Å². The van der Waals surface area contributed by atoms with E-state index in [1.54, 1.807) is 60.7 Å². The number of likely N-dealkylation sites (tertiary alicyclic amines) is 2. The van der Waals surface area contributed by atoms with E-state index in [4.69, 9.17) is 40.1 Å². The third-order valence-electron chi connectivity index (χ3n) is 16.0. The zero-order valence-electron chi connectivity index (χ0n) is 54.5. The molecule has 0 saturated carbocycles. The van der Waals surface area contributed by atoms with Crippen molar-refractivity contribution in [1.82, 2.24) is 52.3 Å². The fourth-order valence-corrected chi connectivity index (χ4v) is 11.5. The number of hydrogen-bond acceptors (Lipinski definition) is 17. The standard InChI is InChI=1S/C63H98N18O13S/c1-37(2)33-45(57(89)74-41(53(68)85)27-32-95-3)73-52(84)36-72-54(86)46(34-38-15-6-4-7-16-38)78-58(90)47(35-39-17-8-5-9-18-39)79-56(88)42(23-25-50(66)82)75-55(87)43(24-26-51(67)83)76-59(91)49-22-14-31-81(49)62(94)44(20-10-11-28-64)77-60(92)48-21-13-30-80(48)61(93)40(65)19-12-29-71-63(69)70/h4-9,15-18,37,40-49H,10-14,19-36,64-65H2,1-3H3,(H2,66,82)(H2,67,83)(H2,68,85)(H,72,86)(H,73,84)(H,74,89)(H,75,87)(H,76,91)(H,77,92)(H,78,90)(H,79,88)(H4,69,70,71)/t40-,41+,42-,43-,44-,45+,46+,47+,48-,49+/m1/s1. The molecule has 2 aromatic rings. The number of rotatable bonds is 42. The van der Waals surface area contributed by atoms with Crippen molar-refractivity contribution in [3.8, 4) is 0 Å². The van der Waals surface area contributed by atoms with E-state index in [0.29, 0.717) is 55.4 Å². The van der Waals surface area contributed by atoms with Gasteiger partial charge in [-0.2, -0.15) is 11.8 Å². The first-order valence-electron chi connectivity index (χ1n) is 32.2. The van der Waals surface area contributed by atoms with Crippen LogP contribution >= 0.6 is 11.8 Å². The summed E-state index contributed by atoms with van der Waals surface area (Å²) in [5.74, 6) is -9.80. The number of benzene rings is 2. The normalized spacial score (nSPS) is 16.8. The number of nitrogens with one attached hydrogen (secondary N) is 8. The Morgan fingerprint density at radius 3 is 1.51 bits per heavy atom. The molecule has 0 aromatic heterocycles. The summed E-state index contributed by atoms with van der Waals surface area (Å²) in [5, 5.41) is 21.1. The van der Waals surface area contributed by atoms with Gasteiger partial charge in [0.25, 0.3) is 0 Å². The highest BCUT2D eigenvalue weighted by atomic mass is 32.2. The van der Waals surface area contributed by atoms with Crippen LogP contribution in [0.15, 0.2) is 65.7 Å². The lowest BCUT2D eigenvalue weighted by atomic mass is 10.0. The Morgan fingerprint density at radius 2 is 1.01 bits per heavy atom. The molecule has 2 aromatic carbocycles. The predicted octanol–water partition coefficient (Wildman–Crippen LogP) is -3.71. The van der Waals surface area contributed by atoms with E-state index < -0.39 is 169 Å². The van der Waals surface area contributed by atoms with Crippen LogP contribution in [-0.2, 0) is 75.2 Å². The van der Waals surface area contributed by atoms with Crippen molar-refractivity contribution >= 4 is 94.5 Å². The molecule has 4 rings (SSSR count). The molecule has 524 valence electrons. The molecule has 31 nitrogen and oxygen atoms in total. The highest BCUT2D eigenvalue weighted by molar-refractivity contribution is 7.98. The van der Waals surface area contributed by atoms with Gasteiger partial charge in [0.2, 0.25) is 76.8 Å². The lowest BCUT2D eigenvalue weighted by molar-refractivity contribution is -0.144. The van der Waals surface area contributed by atoms with Gasteiger partial charge in [0.05, 0.1) is 12.6 Å². The van der Waals surface area contributed by atoms with Gasteiger partial charge < -0.3 is 92.5 Å². The monoisotopic (exact) mass is 1350 g/mol. The predicted molar refractivity (Wildman–Crippen MR) is 356 cm³/mol. The van der Waals surface area contributed by atoms with Gasteiger partial charge in [0, 0.05) is 45.3 Å². The number of amides is 13. The van der Waals surface area contributed by atoms with E-state index in [1.165, 1.54) is 21.6 Å². The minimum atomic E-state index is -1.64. The molecule has 2 aliphatic rings. The van der Waals surface area contributed by atoms with Crippen molar-refractivity contribution in [2.75, 3.05) is 44.7 Å². The highest BCUT2D eigenvalue weighted by Gasteiger charge is 2.42. The third-order valence-corrected chi connectivity index (χ3v) is 16.7. The minimum Gasteiger partial charge on any atom is -0.370 e. The Kier molecular flexibility index (Phi) is 33.9. The summed E-state index contributed by atoms with van der Waals surface area (Å²) >= 11 is 1.45. The number of unbranched alkanes of at least 4 members (excludes halogenated alkanes) is 1. The molecule has 2 fully saturated rings. The summed E-state index contributed by atoms with van der Waals surface area (Å²) in [6.45, 7) is 3.86. The molecule has 0 bridgehead atoms. The van der Waals surface area contributed by atoms with Crippen LogP contribution < -0.4 is 82.7 Å². The zero-order chi connectivity index (χ0) is 70.1. The molecule has 13 amide bonds. The van der Waals surface area contributed by atoms with Crippen LogP contribution in [0, 0.1) is 5.92 Å². The average molecular weight is 1350 g/mol. The van der Waals surface area contributed by atoms with Crippen molar-refractivity contribution in [2.45, 2.75) is 183 Å². The quantitative estimate of drug-likeness (QED) is 0.0173. The molecule has 2 aliphatic heterocycles. The molecule has 0 unspecified atom stereocenters. The number of carbonyl (C=O) groups excluding carboxylic acids is 13. The maximum atomic E-state index is 14.7. The number of guanidine groups is 1. The first-order valence-corrected chi connectivity index (χ1v) is 33.6. The summed E-state index contributed by atoms with van der Waals surface area (Å²) in [7, 11) is 0. The second-order valence-electron chi connectivity index (χ2n) is 24.1. The Bertz CT molecular complexity index is 2960. The highest BCUT2D eigenvalue weighted by Crippen LogP contribution is 2.24. The van der Waals surface area contributed by atoms with Crippen molar-refractivity contribution in [1.29, 1.82) is 0 Å². The summed E-state index contributed by atoms with van der Waals surface area (Å²) in [5.41, 5.74) is 40.6. The summed E-state index contributed by atoms with van der Waals surface area (Å²) in [6.07, 6.45) is 3.12. The van der Waals surface area contributed by atoms with Crippen LogP contribution in [0.25, 0.3) is 0 Å². The maximum absolute atomic E-state index is 14.7. The van der Waals surface area contributed by atoms with E-state index in [2.05, 4.69) is 47.5 Å². The van der Waals surface area contributed by atoms with Gasteiger partial charge in [-0.05, 0) is 119 Å². The molecule has 32 heteroatoms. The van der Waals surface area contributed by atoms with Gasteiger partial charge in [0.15, 0.2) is 5.96 Å². The van der Waals surface area contributed by atoms with Crippen molar-refractivity contribution in [3.05, 3.63) is 71.8 Å². The fraction of sp³-hybridized carbons (Fsp3) is 0.587. The van der Waals surface area contributed by atoms with Gasteiger partial charge in [-0.15, -0.1) is 0 Å². The van der Waals surface area contributed by atoms with E-state index in [9.17, 15) is 62.3 Å². The Labute approximate surface area is 558 Å². The fourth-order valence-electron chi connectivity index (χ4n) is 11.0. The summed E-state index contributed by atoms with van der Waals surface area (Å²) < 4.78 is 0. The van der Waals surface area contributed by atoms with Gasteiger partial charge in [-0.25, -0.2) is 0 Å². The lowest BCUT2D eigenvalue weighted by Gasteiger charge is -2.32. The maximum Gasteiger partial charge on any atom is 0.245 e. The van der Waals surface area contributed by atoms with Crippen LogP contribution in [0.1, 0.15) is 121 Å². The number of thioether (sulfide) groups is 1. The molecule has 0 radical (unpaired) electrons. The second kappa shape index (κ2) is 41.0. The summed E-state index contributed by atoms with van der Waals surface area (Å²) in [6, 6.07) is 4.51. The number of nitrogens with zero attached hydrogens (tertiary/aromatic N) is 3. The third kappa shape index (κ3) is 27.5. The van der Waals surface area contributed by atoms with Crippen LogP contribution in [0.5, 0.6) is 0 Å². The number of aliphatic imine (C=N–C) groups is 1. The smallest absolute Gasteiger partial charge is 0.245 e. The molecule has 10 atom stereocenters. The zero-order valence-corrected chi connectivity index (χ0v) is 55.3. The first kappa shape index (κ1) is 78.5. The van der Waals surface area contributed by atoms with Gasteiger partial charge in [0.1, 0.15) is 54.4 Å². The lowest BCUT2D eigenvalue weighted by Crippen LogP contribution is -2.60. The van der Waals surface area contributed by atoms with Gasteiger partial charge >= 0.3 is 0 Å². The first-order chi connectivity index (χ1) is 45.2. The Balaban J connectivity index is 1.56. The van der Waals surface area contributed by atoms with Crippen molar-refractivity contribution in [3.63, 3.8) is 0 Å². The number of hydrogen-bond donors (Lipinski definition) is 15. The molecule has 95 heavy (non-hydrogen) atoms.